The highest BCUT2D eigenvalue weighted by molar-refractivity contribution is 9.10. The van der Waals surface area contributed by atoms with Crippen molar-refractivity contribution in [3.05, 3.63) is 99.9 Å². The molecule has 3 atom stereocenters. The van der Waals surface area contributed by atoms with Crippen LogP contribution in [0.4, 0.5) is 5.82 Å². The van der Waals surface area contributed by atoms with Crippen LogP contribution in [0.25, 0.3) is 21.5 Å². The topological polar surface area (TPSA) is 172 Å². The summed E-state index contributed by atoms with van der Waals surface area (Å²) in [5.41, 5.74) is 0.124. The first-order valence-corrected chi connectivity index (χ1v) is 18.9. The SMILES string of the molecule is COC1(C)CC(NC(=O)Cn2nc(C(C)CC3CC3c3nn(CC(=O)Nc4ccc(=O)n(C)n4)c(=O)c4ccc(Br)cc34)c3cc(Br)ccc3c2=O)C1. The Morgan fingerprint density at radius 2 is 1.51 bits per heavy atom. The molecule has 0 aliphatic heterocycles. The van der Waals surface area contributed by atoms with Crippen molar-refractivity contribution in [1.29, 1.82) is 0 Å². The highest BCUT2D eigenvalue weighted by atomic mass is 79.9. The van der Waals surface area contributed by atoms with Crippen molar-refractivity contribution in [2.45, 2.75) is 76.1 Å². The molecule has 3 unspecified atom stereocenters. The number of anilines is 1. The van der Waals surface area contributed by atoms with E-state index in [0.717, 1.165) is 25.4 Å². The number of aromatic nitrogens is 6. The van der Waals surface area contributed by atoms with E-state index in [1.807, 2.05) is 25.1 Å². The number of ether oxygens (including phenoxy) is 1. The number of carbonyl (C=O) groups is 2. The van der Waals surface area contributed by atoms with Crippen LogP contribution >= 0.6 is 31.9 Å². The molecule has 2 N–H and O–H groups in total. The van der Waals surface area contributed by atoms with Gasteiger partial charge in [0.25, 0.3) is 16.7 Å². The highest BCUT2D eigenvalue weighted by Crippen LogP contribution is 2.53. The number of fused-ring (bicyclic) bond motifs is 2. The molecule has 3 aromatic heterocycles. The summed E-state index contributed by atoms with van der Waals surface area (Å²) < 4.78 is 10.7. The molecule has 2 aliphatic rings. The first-order chi connectivity index (χ1) is 25.2. The summed E-state index contributed by atoms with van der Waals surface area (Å²) in [5, 5.41) is 21.6. The Morgan fingerprint density at radius 3 is 2.17 bits per heavy atom. The van der Waals surface area contributed by atoms with Crippen molar-refractivity contribution in [2.75, 3.05) is 12.4 Å². The lowest BCUT2D eigenvalue weighted by Gasteiger charge is -2.44. The molecular formula is C37H38Br2N8O6. The van der Waals surface area contributed by atoms with Gasteiger partial charge in [-0.1, -0.05) is 38.8 Å². The van der Waals surface area contributed by atoms with E-state index in [2.05, 4.69) is 54.5 Å². The van der Waals surface area contributed by atoms with E-state index in [9.17, 15) is 24.0 Å². The van der Waals surface area contributed by atoms with Gasteiger partial charge in [0.1, 0.15) is 13.1 Å². The second-order valence-corrected chi connectivity index (χ2v) is 16.2. The van der Waals surface area contributed by atoms with Crippen molar-refractivity contribution >= 4 is 71.0 Å². The summed E-state index contributed by atoms with van der Waals surface area (Å²) in [4.78, 5) is 64.9. The predicted octanol–water partition coefficient (Wildman–Crippen LogP) is 4.34. The maximum Gasteiger partial charge on any atom is 0.275 e. The first-order valence-electron chi connectivity index (χ1n) is 17.3. The predicted molar refractivity (Wildman–Crippen MR) is 206 cm³/mol. The summed E-state index contributed by atoms with van der Waals surface area (Å²) in [6.45, 7) is 3.52. The summed E-state index contributed by atoms with van der Waals surface area (Å²) in [5.74, 6) is -0.531. The zero-order valence-electron chi connectivity index (χ0n) is 29.6. The zero-order valence-corrected chi connectivity index (χ0v) is 32.7. The number of aryl methyl sites for hydroxylation is 1. The third-order valence-electron chi connectivity index (χ3n) is 10.3. The molecule has 0 bridgehead atoms. The molecule has 16 heteroatoms. The van der Waals surface area contributed by atoms with E-state index in [0.29, 0.717) is 46.8 Å². The van der Waals surface area contributed by atoms with Gasteiger partial charge in [0.05, 0.1) is 27.8 Å². The van der Waals surface area contributed by atoms with Gasteiger partial charge < -0.3 is 15.4 Å². The largest absolute Gasteiger partial charge is 0.378 e. The van der Waals surface area contributed by atoms with Gasteiger partial charge in [-0.15, -0.1) is 0 Å². The van der Waals surface area contributed by atoms with Crippen LogP contribution in [0.3, 0.4) is 0 Å². The molecule has 276 valence electrons. The van der Waals surface area contributed by atoms with Crippen molar-refractivity contribution in [3.63, 3.8) is 0 Å². The van der Waals surface area contributed by atoms with Gasteiger partial charge >= 0.3 is 0 Å². The molecule has 5 aromatic rings. The van der Waals surface area contributed by atoms with Gasteiger partial charge in [0, 0.05) is 57.8 Å². The Labute approximate surface area is 320 Å². The van der Waals surface area contributed by atoms with Crippen molar-refractivity contribution in [1.82, 2.24) is 34.7 Å². The van der Waals surface area contributed by atoms with Crippen LogP contribution in [-0.2, 0) is 34.5 Å². The molecule has 2 amide bonds. The zero-order chi connectivity index (χ0) is 37.8. The molecule has 0 saturated heterocycles. The van der Waals surface area contributed by atoms with Gasteiger partial charge in [-0.2, -0.15) is 15.3 Å². The molecule has 53 heavy (non-hydrogen) atoms. The molecule has 7 rings (SSSR count). The monoisotopic (exact) mass is 848 g/mol. The minimum atomic E-state index is -0.511. The van der Waals surface area contributed by atoms with E-state index in [1.54, 1.807) is 25.3 Å². The van der Waals surface area contributed by atoms with Gasteiger partial charge in [-0.3, -0.25) is 24.0 Å². The Morgan fingerprint density at radius 1 is 0.887 bits per heavy atom. The van der Waals surface area contributed by atoms with Crippen molar-refractivity contribution in [3.8, 4) is 0 Å². The first kappa shape index (κ1) is 36.8. The molecular weight excluding hydrogens is 812 g/mol. The van der Waals surface area contributed by atoms with Crippen LogP contribution in [-0.4, -0.2) is 59.9 Å². The summed E-state index contributed by atoms with van der Waals surface area (Å²) in [6, 6.07) is 13.5. The van der Waals surface area contributed by atoms with Crippen LogP contribution < -0.4 is 27.3 Å². The Hall–Kier alpha value is -4.54. The van der Waals surface area contributed by atoms with Crippen molar-refractivity contribution < 1.29 is 14.3 Å². The fraction of sp³-hybridized carbons (Fsp3) is 0.405. The average molecular weight is 851 g/mol. The quantitative estimate of drug-likeness (QED) is 0.196. The van der Waals surface area contributed by atoms with E-state index >= 15 is 0 Å². The highest BCUT2D eigenvalue weighted by Gasteiger charge is 2.43. The number of nitrogens with zero attached hydrogens (tertiary/aromatic N) is 6. The average Bonchev–Trinajstić information content (AvgIpc) is 3.86. The summed E-state index contributed by atoms with van der Waals surface area (Å²) >= 11 is 7.08. The normalized spacial score (nSPS) is 21.3. The number of amides is 2. The van der Waals surface area contributed by atoms with Gasteiger partial charge in [-0.25, -0.2) is 14.0 Å². The van der Waals surface area contributed by atoms with E-state index in [4.69, 9.17) is 14.9 Å². The van der Waals surface area contributed by atoms with Crippen LogP contribution in [0.15, 0.2) is 71.9 Å². The van der Waals surface area contributed by atoms with E-state index in [-0.39, 0.29) is 65.3 Å². The number of hydrogen-bond donors (Lipinski definition) is 2. The number of rotatable bonds is 11. The van der Waals surface area contributed by atoms with Crippen LogP contribution in [0, 0.1) is 5.92 Å². The minimum Gasteiger partial charge on any atom is -0.378 e. The fourth-order valence-electron chi connectivity index (χ4n) is 7.38. The summed E-state index contributed by atoms with van der Waals surface area (Å²) in [7, 11) is 3.14. The Bertz CT molecular complexity index is 2470. The standard InChI is InChI=1S/C37H38Br2N8O6/c1-19(33-27-13-21(38)5-7-24(27)35(51)46(43-33)17-30(48)40-23-15-37(2,16-23)53-4)11-20-12-26(20)34-28-14-22(39)6-8-25(28)36(52)47(44-34)18-31(49)41-29-9-10-32(50)45(3)42-29/h5-10,13-14,19-20,23,26H,11-12,15-18H2,1-4H3,(H,40,48)(H,41,42,49). The van der Waals surface area contributed by atoms with Gasteiger partial charge in [-0.05, 0) is 81.0 Å². The van der Waals surface area contributed by atoms with Crippen LogP contribution in [0.2, 0.25) is 0 Å². The fourth-order valence-corrected chi connectivity index (χ4v) is 8.10. The van der Waals surface area contributed by atoms with E-state index in [1.165, 1.54) is 28.5 Å². The number of benzene rings is 2. The van der Waals surface area contributed by atoms with Gasteiger partial charge in [0.2, 0.25) is 11.8 Å². The molecule has 0 radical (unpaired) electrons. The second-order valence-electron chi connectivity index (χ2n) is 14.4. The molecule has 2 saturated carbocycles. The number of nitrogens with one attached hydrogen (secondary N) is 2. The lowest BCUT2D eigenvalue weighted by atomic mass is 9.77. The van der Waals surface area contributed by atoms with E-state index < -0.39 is 11.5 Å². The second kappa shape index (κ2) is 14.4. The maximum absolute atomic E-state index is 13.6. The lowest BCUT2D eigenvalue weighted by molar-refractivity contribution is -0.127. The third-order valence-corrected chi connectivity index (χ3v) is 11.3. The Balaban J connectivity index is 1.13. The lowest BCUT2D eigenvalue weighted by Crippen LogP contribution is -2.55. The van der Waals surface area contributed by atoms with Crippen LogP contribution in [0.1, 0.15) is 62.8 Å². The number of methoxy groups -OCH3 is 1. The minimum absolute atomic E-state index is 0.00409. The Kier molecular flexibility index (Phi) is 9.97. The molecule has 2 fully saturated rings. The molecule has 14 nitrogen and oxygen atoms in total. The summed E-state index contributed by atoms with van der Waals surface area (Å²) in [6.07, 6.45) is 2.91. The number of halogens is 2. The van der Waals surface area contributed by atoms with Crippen molar-refractivity contribution in [2.24, 2.45) is 13.0 Å². The third kappa shape index (κ3) is 7.62. The molecule has 3 heterocycles. The molecule has 2 aromatic carbocycles. The van der Waals surface area contributed by atoms with Crippen LogP contribution in [0.5, 0.6) is 0 Å². The smallest absolute Gasteiger partial charge is 0.275 e. The molecule has 2 aliphatic carbocycles. The maximum atomic E-state index is 13.6. The number of carbonyl (C=O) groups excluding carboxylic acids is 2. The molecule has 0 spiro atoms. The number of hydrogen-bond acceptors (Lipinski definition) is 9. The van der Waals surface area contributed by atoms with Gasteiger partial charge in [0.15, 0.2) is 5.82 Å².